The van der Waals surface area contributed by atoms with Crippen LogP contribution in [-0.4, -0.2) is 6.10 Å². The molecule has 0 aliphatic carbocycles. The predicted octanol–water partition coefficient (Wildman–Crippen LogP) is 1.93. The van der Waals surface area contributed by atoms with Crippen LogP contribution in [0.4, 0.5) is 0 Å². The van der Waals surface area contributed by atoms with E-state index in [0.29, 0.717) is 6.54 Å². The molecule has 0 aliphatic rings. The van der Waals surface area contributed by atoms with E-state index in [1.54, 1.807) is 0 Å². The van der Waals surface area contributed by atoms with Crippen molar-refractivity contribution in [3.05, 3.63) is 29.8 Å². The lowest BCUT2D eigenvalue weighted by Crippen LogP contribution is -2.08. The van der Waals surface area contributed by atoms with Gasteiger partial charge in [-0.3, -0.25) is 0 Å². The number of hydrogen-bond acceptors (Lipinski definition) is 2. The molecule has 0 aliphatic heterocycles. The second-order valence-corrected chi connectivity index (χ2v) is 2.98. The molecule has 0 atom stereocenters. The fourth-order valence-electron chi connectivity index (χ4n) is 1.04. The first-order valence-electron chi connectivity index (χ1n) is 4.18. The van der Waals surface area contributed by atoms with Gasteiger partial charge in [0.15, 0.2) is 0 Å². The SMILES string of the molecule is CC(C)Oc1ccccc1CN. The first-order valence-corrected chi connectivity index (χ1v) is 4.18. The van der Waals surface area contributed by atoms with Crippen molar-refractivity contribution in [2.24, 2.45) is 5.73 Å². The fraction of sp³-hybridized carbons (Fsp3) is 0.400. The van der Waals surface area contributed by atoms with Gasteiger partial charge in [0, 0.05) is 12.1 Å². The second-order valence-electron chi connectivity index (χ2n) is 2.98. The quantitative estimate of drug-likeness (QED) is 0.742. The Labute approximate surface area is 73.3 Å². The van der Waals surface area contributed by atoms with Crippen LogP contribution < -0.4 is 10.5 Å². The van der Waals surface area contributed by atoms with E-state index in [9.17, 15) is 0 Å². The molecule has 0 amide bonds. The predicted molar refractivity (Wildman–Crippen MR) is 50.1 cm³/mol. The van der Waals surface area contributed by atoms with Crippen LogP contribution >= 0.6 is 0 Å². The fourth-order valence-corrected chi connectivity index (χ4v) is 1.04. The van der Waals surface area contributed by atoms with Crippen LogP contribution in [0.3, 0.4) is 0 Å². The van der Waals surface area contributed by atoms with E-state index in [4.69, 9.17) is 10.5 Å². The average Bonchev–Trinajstić information content (AvgIpc) is 2.04. The van der Waals surface area contributed by atoms with E-state index in [1.807, 2.05) is 38.1 Å². The molecule has 2 heteroatoms. The molecule has 0 saturated heterocycles. The Morgan fingerprint density at radius 1 is 1.33 bits per heavy atom. The van der Waals surface area contributed by atoms with Crippen molar-refractivity contribution in [3.63, 3.8) is 0 Å². The maximum Gasteiger partial charge on any atom is 0.124 e. The molecule has 2 nitrogen and oxygen atoms in total. The maximum absolute atomic E-state index is 5.56. The van der Waals surface area contributed by atoms with Crippen molar-refractivity contribution in [2.75, 3.05) is 0 Å². The molecule has 0 radical (unpaired) electrons. The smallest absolute Gasteiger partial charge is 0.124 e. The minimum atomic E-state index is 0.206. The summed E-state index contributed by atoms with van der Waals surface area (Å²) in [6.07, 6.45) is 0.206. The van der Waals surface area contributed by atoms with Crippen molar-refractivity contribution in [3.8, 4) is 5.75 Å². The van der Waals surface area contributed by atoms with Gasteiger partial charge < -0.3 is 10.5 Å². The van der Waals surface area contributed by atoms with Gasteiger partial charge >= 0.3 is 0 Å². The van der Waals surface area contributed by atoms with Crippen LogP contribution in [0, 0.1) is 0 Å². The number of nitrogens with two attached hydrogens (primary N) is 1. The third-order valence-corrected chi connectivity index (χ3v) is 1.56. The van der Waals surface area contributed by atoms with Gasteiger partial charge in [0.25, 0.3) is 0 Å². The molecule has 0 saturated carbocycles. The standard InChI is InChI=1S/C10H15NO/c1-8(2)12-10-6-4-3-5-9(10)7-11/h3-6,8H,7,11H2,1-2H3. The van der Waals surface area contributed by atoms with Crippen molar-refractivity contribution < 1.29 is 4.74 Å². The highest BCUT2D eigenvalue weighted by Gasteiger charge is 2.01. The zero-order valence-electron chi connectivity index (χ0n) is 7.58. The van der Waals surface area contributed by atoms with Crippen LogP contribution in [0.25, 0.3) is 0 Å². The summed E-state index contributed by atoms with van der Waals surface area (Å²) in [6, 6.07) is 7.85. The van der Waals surface area contributed by atoms with Gasteiger partial charge in [0.2, 0.25) is 0 Å². The molecular weight excluding hydrogens is 150 g/mol. The van der Waals surface area contributed by atoms with Gasteiger partial charge in [-0.25, -0.2) is 0 Å². The maximum atomic E-state index is 5.56. The van der Waals surface area contributed by atoms with Crippen LogP contribution in [0.2, 0.25) is 0 Å². The van der Waals surface area contributed by atoms with Gasteiger partial charge in [0.05, 0.1) is 6.10 Å². The summed E-state index contributed by atoms with van der Waals surface area (Å²) in [6.45, 7) is 4.55. The van der Waals surface area contributed by atoms with Gasteiger partial charge in [0.1, 0.15) is 5.75 Å². The Kier molecular flexibility index (Phi) is 3.11. The van der Waals surface area contributed by atoms with Crippen LogP contribution in [0.1, 0.15) is 19.4 Å². The molecule has 1 aromatic carbocycles. The molecule has 0 heterocycles. The molecule has 1 aromatic rings. The molecule has 0 spiro atoms. The van der Waals surface area contributed by atoms with Crippen molar-refractivity contribution in [1.29, 1.82) is 0 Å². The molecule has 0 aromatic heterocycles. The minimum absolute atomic E-state index is 0.206. The number of hydrogen-bond donors (Lipinski definition) is 1. The van der Waals surface area contributed by atoms with Gasteiger partial charge in [-0.15, -0.1) is 0 Å². The third-order valence-electron chi connectivity index (χ3n) is 1.56. The molecule has 0 fully saturated rings. The Bertz CT molecular complexity index is 245. The summed E-state index contributed by atoms with van der Waals surface area (Å²) in [7, 11) is 0. The molecule has 66 valence electrons. The Morgan fingerprint density at radius 3 is 2.58 bits per heavy atom. The van der Waals surface area contributed by atoms with Gasteiger partial charge in [-0.1, -0.05) is 18.2 Å². The van der Waals surface area contributed by atoms with Crippen molar-refractivity contribution in [2.45, 2.75) is 26.5 Å². The Hall–Kier alpha value is -1.02. The summed E-state index contributed by atoms with van der Waals surface area (Å²) in [4.78, 5) is 0. The zero-order valence-corrected chi connectivity index (χ0v) is 7.58. The second kappa shape index (κ2) is 4.12. The van der Waals surface area contributed by atoms with E-state index in [2.05, 4.69) is 0 Å². The van der Waals surface area contributed by atoms with Gasteiger partial charge in [-0.2, -0.15) is 0 Å². The lowest BCUT2D eigenvalue weighted by Gasteiger charge is -2.12. The highest BCUT2D eigenvalue weighted by Crippen LogP contribution is 2.18. The Morgan fingerprint density at radius 2 is 2.00 bits per heavy atom. The molecule has 0 unspecified atom stereocenters. The molecule has 1 rings (SSSR count). The summed E-state index contributed by atoms with van der Waals surface area (Å²) >= 11 is 0. The largest absolute Gasteiger partial charge is 0.491 e. The monoisotopic (exact) mass is 165 g/mol. The molecule has 2 N–H and O–H groups in total. The minimum Gasteiger partial charge on any atom is -0.491 e. The number of para-hydroxylation sites is 1. The first-order chi connectivity index (χ1) is 5.74. The zero-order chi connectivity index (χ0) is 8.97. The topological polar surface area (TPSA) is 35.2 Å². The van der Waals surface area contributed by atoms with E-state index in [-0.39, 0.29) is 6.10 Å². The molecule has 0 bridgehead atoms. The van der Waals surface area contributed by atoms with Crippen LogP contribution in [0.15, 0.2) is 24.3 Å². The lowest BCUT2D eigenvalue weighted by atomic mass is 10.2. The Balaban J connectivity index is 2.82. The van der Waals surface area contributed by atoms with E-state index in [0.717, 1.165) is 11.3 Å². The number of rotatable bonds is 3. The van der Waals surface area contributed by atoms with E-state index < -0.39 is 0 Å². The highest BCUT2D eigenvalue weighted by molar-refractivity contribution is 5.33. The first kappa shape index (κ1) is 9.07. The molecular formula is C10H15NO. The summed E-state index contributed by atoms with van der Waals surface area (Å²) < 4.78 is 5.56. The van der Waals surface area contributed by atoms with Crippen molar-refractivity contribution in [1.82, 2.24) is 0 Å². The highest BCUT2D eigenvalue weighted by atomic mass is 16.5. The van der Waals surface area contributed by atoms with Crippen LogP contribution in [0.5, 0.6) is 5.75 Å². The van der Waals surface area contributed by atoms with Crippen LogP contribution in [-0.2, 0) is 6.54 Å². The number of benzene rings is 1. The average molecular weight is 165 g/mol. The lowest BCUT2D eigenvalue weighted by molar-refractivity contribution is 0.240. The summed E-state index contributed by atoms with van der Waals surface area (Å²) in [5.74, 6) is 0.898. The summed E-state index contributed by atoms with van der Waals surface area (Å²) in [5.41, 5.74) is 6.61. The van der Waals surface area contributed by atoms with Crippen molar-refractivity contribution >= 4 is 0 Å². The van der Waals surface area contributed by atoms with E-state index >= 15 is 0 Å². The summed E-state index contributed by atoms with van der Waals surface area (Å²) in [5, 5.41) is 0. The molecule has 12 heavy (non-hydrogen) atoms. The normalized spacial score (nSPS) is 10.3. The van der Waals surface area contributed by atoms with Gasteiger partial charge in [-0.05, 0) is 19.9 Å². The number of ether oxygens (including phenoxy) is 1. The third kappa shape index (κ3) is 2.24. The van der Waals surface area contributed by atoms with E-state index in [1.165, 1.54) is 0 Å².